The summed E-state index contributed by atoms with van der Waals surface area (Å²) in [7, 11) is 0. The molecule has 6 N–H and O–H groups in total. The number of hydrazone groups is 1. The zero-order chi connectivity index (χ0) is 5.70. The highest BCUT2D eigenvalue weighted by molar-refractivity contribution is 5.76. The fourth-order valence-electron chi connectivity index (χ4n) is 0.0827. The summed E-state index contributed by atoms with van der Waals surface area (Å²) in [5, 5.41) is 18.5. The Kier molecular flexibility index (Phi) is 2.73. The summed E-state index contributed by atoms with van der Waals surface area (Å²) in [6.45, 7) is 0. The van der Waals surface area contributed by atoms with E-state index in [1.54, 1.807) is 0 Å². The van der Waals surface area contributed by atoms with Gasteiger partial charge in [-0.05, 0) is 0 Å². The van der Waals surface area contributed by atoms with Crippen molar-refractivity contribution in [3.63, 3.8) is 0 Å². The van der Waals surface area contributed by atoms with Gasteiger partial charge in [0.2, 0.25) is 0 Å². The number of rotatable bonds is 0. The van der Waals surface area contributed by atoms with Crippen LogP contribution in [0.25, 0.3) is 0 Å². The minimum atomic E-state index is -0.306. The molecule has 0 radical (unpaired) electrons. The number of guanidine groups is 1. The molecule has 42 valence electrons. The second-order valence-electron chi connectivity index (χ2n) is 0.701. The molecule has 0 spiro atoms. The van der Waals surface area contributed by atoms with E-state index in [1.165, 1.54) is 11.0 Å². The molecule has 6 heteroatoms. The zero-order valence-electron chi connectivity index (χ0n) is 3.42. The van der Waals surface area contributed by atoms with Crippen LogP contribution in [0, 0.1) is 0 Å². The lowest BCUT2D eigenvalue weighted by Crippen LogP contribution is -2.33. The molecule has 0 aliphatic heterocycles. The standard InChI is InChI=1S/CH6N4O2/c2-3-1(4-6)5-7/h6-7H,2H2,(H2,3,4,5). The first-order chi connectivity index (χ1) is 3.35. The molecule has 6 nitrogen and oxygen atoms in total. The molecule has 0 saturated carbocycles. The van der Waals surface area contributed by atoms with E-state index in [-0.39, 0.29) is 5.96 Å². The average molecular weight is 106 g/mol. The lowest BCUT2D eigenvalue weighted by molar-refractivity contribution is 0.180. The summed E-state index contributed by atoms with van der Waals surface area (Å²) < 4.78 is 0. The Hall–Kier alpha value is -1.01. The molecule has 0 aliphatic carbocycles. The monoisotopic (exact) mass is 106 g/mol. The molecule has 0 fully saturated rings. The predicted molar refractivity (Wildman–Crippen MR) is 21.5 cm³/mol. The van der Waals surface area contributed by atoms with Crippen LogP contribution in [0.5, 0.6) is 0 Å². The fourth-order valence-corrected chi connectivity index (χ4v) is 0.0827. The lowest BCUT2D eigenvalue weighted by atomic mass is 11.1. The van der Waals surface area contributed by atoms with E-state index in [2.05, 4.69) is 10.9 Å². The van der Waals surface area contributed by atoms with Crippen molar-refractivity contribution in [2.75, 3.05) is 0 Å². The first-order valence-corrected chi connectivity index (χ1v) is 1.43. The Morgan fingerprint density at radius 1 is 1.43 bits per heavy atom. The molecule has 0 saturated heterocycles. The van der Waals surface area contributed by atoms with Crippen LogP contribution in [-0.2, 0) is 0 Å². The summed E-state index contributed by atoms with van der Waals surface area (Å²) in [6.07, 6.45) is 0. The largest absolute Gasteiger partial charge is 0.320 e. The summed E-state index contributed by atoms with van der Waals surface area (Å²) in [5.41, 5.74) is 2.93. The normalized spacial score (nSPS) is 7.14. The maximum absolute atomic E-state index is 7.84. The number of nitrogens with zero attached hydrogens (tertiary/aromatic N) is 1. The quantitative estimate of drug-likeness (QED) is 0.108. The van der Waals surface area contributed by atoms with Crippen molar-refractivity contribution in [2.24, 2.45) is 10.9 Å². The molecule has 0 atom stereocenters. The third kappa shape index (κ3) is 1.79. The van der Waals surface area contributed by atoms with Crippen LogP contribution in [-0.4, -0.2) is 16.4 Å². The maximum atomic E-state index is 7.84. The SMILES string of the molecule is NN=C(NO)NO. The van der Waals surface area contributed by atoms with Crippen molar-refractivity contribution in [2.45, 2.75) is 0 Å². The van der Waals surface area contributed by atoms with Crippen LogP contribution in [0.1, 0.15) is 0 Å². The van der Waals surface area contributed by atoms with Crippen LogP contribution in [0.3, 0.4) is 0 Å². The molecular weight excluding hydrogens is 100 g/mol. The Morgan fingerprint density at radius 2 is 1.86 bits per heavy atom. The Bertz CT molecular complexity index is 64.1. The molecule has 0 aromatic carbocycles. The van der Waals surface area contributed by atoms with Crippen molar-refractivity contribution in [3.8, 4) is 0 Å². The van der Waals surface area contributed by atoms with Gasteiger partial charge in [0.15, 0.2) is 0 Å². The Balaban J connectivity index is 3.38. The van der Waals surface area contributed by atoms with Crippen molar-refractivity contribution in [1.82, 2.24) is 11.0 Å². The van der Waals surface area contributed by atoms with Crippen LogP contribution in [0.2, 0.25) is 0 Å². The van der Waals surface area contributed by atoms with Crippen LogP contribution in [0.15, 0.2) is 5.10 Å². The molecule has 0 aromatic rings. The van der Waals surface area contributed by atoms with Crippen molar-refractivity contribution >= 4 is 5.96 Å². The molecule has 0 rings (SSSR count). The van der Waals surface area contributed by atoms with Gasteiger partial charge in [0.25, 0.3) is 5.96 Å². The van der Waals surface area contributed by atoms with Gasteiger partial charge in [0, 0.05) is 0 Å². The highest BCUT2D eigenvalue weighted by Crippen LogP contribution is 1.49. The topological polar surface area (TPSA) is 103 Å². The minimum absolute atomic E-state index is 0.306. The fraction of sp³-hybridized carbons (Fsp3) is 0. The lowest BCUT2D eigenvalue weighted by Gasteiger charge is -1.95. The van der Waals surface area contributed by atoms with Gasteiger partial charge < -0.3 is 5.84 Å². The molecule has 0 aliphatic rings. The van der Waals surface area contributed by atoms with Crippen molar-refractivity contribution < 1.29 is 10.4 Å². The van der Waals surface area contributed by atoms with E-state index in [4.69, 9.17) is 10.4 Å². The number of nitrogens with one attached hydrogen (secondary N) is 2. The Labute approximate surface area is 39.5 Å². The second kappa shape index (κ2) is 3.19. The van der Waals surface area contributed by atoms with Gasteiger partial charge in [-0.3, -0.25) is 10.4 Å². The van der Waals surface area contributed by atoms with Gasteiger partial charge in [-0.15, -0.1) is 5.10 Å². The van der Waals surface area contributed by atoms with Crippen LogP contribution in [0.4, 0.5) is 0 Å². The van der Waals surface area contributed by atoms with E-state index in [0.717, 1.165) is 0 Å². The second-order valence-corrected chi connectivity index (χ2v) is 0.701. The number of nitrogens with two attached hydrogens (primary N) is 1. The van der Waals surface area contributed by atoms with Crippen LogP contribution >= 0.6 is 0 Å². The van der Waals surface area contributed by atoms with Gasteiger partial charge in [-0.25, -0.2) is 11.0 Å². The highest BCUT2D eigenvalue weighted by atomic mass is 16.5. The number of hydrogen-bond donors (Lipinski definition) is 5. The first-order valence-electron chi connectivity index (χ1n) is 1.43. The first kappa shape index (κ1) is 5.99. The van der Waals surface area contributed by atoms with Crippen molar-refractivity contribution in [3.05, 3.63) is 0 Å². The summed E-state index contributed by atoms with van der Waals surface area (Å²) in [5.74, 6) is 4.23. The minimum Gasteiger partial charge on any atom is -0.320 e. The predicted octanol–water partition coefficient (Wildman–Crippen LogP) is -1.83. The number of hydroxylamine groups is 2. The van der Waals surface area contributed by atoms with E-state index < -0.39 is 0 Å². The maximum Gasteiger partial charge on any atom is 0.261 e. The van der Waals surface area contributed by atoms with Crippen molar-refractivity contribution in [1.29, 1.82) is 0 Å². The van der Waals surface area contributed by atoms with Gasteiger partial charge >= 0.3 is 0 Å². The van der Waals surface area contributed by atoms with E-state index in [0.29, 0.717) is 0 Å². The smallest absolute Gasteiger partial charge is 0.261 e. The van der Waals surface area contributed by atoms with Crippen LogP contribution < -0.4 is 16.8 Å². The van der Waals surface area contributed by atoms with Gasteiger partial charge in [0.1, 0.15) is 0 Å². The van der Waals surface area contributed by atoms with E-state index in [9.17, 15) is 0 Å². The van der Waals surface area contributed by atoms with E-state index >= 15 is 0 Å². The third-order valence-corrected chi connectivity index (χ3v) is 0.341. The summed E-state index contributed by atoms with van der Waals surface area (Å²) in [6, 6.07) is 0. The summed E-state index contributed by atoms with van der Waals surface area (Å²) >= 11 is 0. The average Bonchev–Trinajstić information content (AvgIpc) is 1.72. The molecular formula is CH6N4O2. The Morgan fingerprint density at radius 3 is 1.86 bits per heavy atom. The van der Waals surface area contributed by atoms with Gasteiger partial charge in [0.05, 0.1) is 0 Å². The molecule has 0 aromatic heterocycles. The number of hydrogen-bond acceptors (Lipinski definition) is 4. The highest BCUT2D eigenvalue weighted by Gasteiger charge is 1.84. The van der Waals surface area contributed by atoms with E-state index in [1.807, 2.05) is 0 Å². The molecule has 0 amide bonds. The van der Waals surface area contributed by atoms with Gasteiger partial charge in [-0.1, -0.05) is 0 Å². The molecule has 7 heavy (non-hydrogen) atoms. The molecule has 0 unspecified atom stereocenters. The zero-order valence-corrected chi connectivity index (χ0v) is 3.42. The van der Waals surface area contributed by atoms with Gasteiger partial charge in [-0.2, -0.15) is 0 Å². The molecule has 0 bridgehead atoms. The molecule has 0 heterocycles. The third-order valence-electron chi connectivity index (χ3n) is 0.341. The summed E-state index contributed by atoms with van der Waals surface area (Å²) in [4.78, 5) is 0.